The summed E-state index contributed by atoms with van der Waals surface area (Å²) in [7, 11) is 0. The second-order valence-corrected chi connectivity index (χ2v) is 6.10. The SMILES string of the molecule is C=CCCN1CCC(O)(c2nc(Br)cs2)CC1. The topological polar surface area (TPSA) is 36.4 Å². The Morgan fingerprint density at radius 3 is 2.82 bits per heavy atom. The summed E-state index contributed by atoms with van der Waals surface area (Å²) >= 11 is 4.87. The van der Waals surface area contributed by atoms with Crippen LogP contribution in [0.1, 0.15) is 24.3 Å². The van der Waals surface area contributed by atoms with E-state index in [0.717, 1.165) is 48.5 Å². The van der Waals surface area contributed by atoms with Crippen LogP contribution < -0.4 is 0 Å². The van der Waals surface area contributed by atoms with Crippen molar-refractivity contribution in [1.29, 1.82) is 0 Å². The fourth-order valence-electron chi connectivity index (χ4n) is 2.10. The zero-order chi connectivity index (χ0) is 12.3. The maximum Gasteiger partial charge on any atom is 0.126 e. The number of aromatic nitrogens is 1. The Bertz CT molecular complexity index is 386. The largest absolute Gasteiger partial charge is 0.383 e. The van der Waals surface area contributed by atoms with Gasteiger partial charge in [-0.1, -0.05) is 6.08 Å². The van der Waals surface area contributed by atoms with Gasteiger partial charge in [-0.3, -0.25) is 0 Å². The molecule has 0 aromatic carbocycles. The van der Waals surface area contributed by atoms with E-state index in [0.29, 0.717) is 0 Å². The van der Waals surface area contributed by atoms with E-state index in [2.05, 4.69) is 32.4 Å². The first-order valence-corrected chi connectivity index (χ1v) is 7.48. The molecule has 1 aromatic rings. The molecular weight excluding hydrogens is 300 g/mol. The van der Waals surface area contributed by atoms with Crippen molar-refractivity contribution in [2.45, 2.75) is 24.9 Å². The smallest absolute Gasteiger partial charge is 0.126 e. The highest BCUT2D eigenvalue weighted by atomic mass is 79.9. The van der Waals surface area contributed by atoms with Crippen LogP contribution in [-0.2, 0) is 5.60 Å². The van der Waals surface area contributed by atoms with Gasteiger partial charge in [0.25, 0.3) is 0 Å². The molecule has 0 spiro atoms. The highest BCUT2D eigenvalue weighted by Gasteiger charge is 2.36. The third-order valence-electron chi connectivity index (χ3n) is 3.21. The van der Waals surface area contributed by atoms with Crippen LogP contribution in [0.25, 0.3) is 0 Å². The molecule has 0 bridgehead atoms. The number of rotatable bonds is 4. The summed E-state index contributed by atoms with van der Waals surface area (Å²) in [5.74, 6) is 0. The number of piperidine rings is 1. The molecule has 1 saturated heterocycles. The molecule has 2 rings (SSSR count). The second-order valence-electron chi connectivity index (χ2n) is 4.43. The molecule has 5 heteroatoms. The highest BCUT2D eigenvalue weighted by Crippen LogP contribution is 2.35. The van der Waals surface area contributed by atoms with Crippen molar-refractivity contribution in [3.05, 3.63) is 27.6 Å². The molecular formula is C12H17BrN2OS. The minimum Gasteiger partial charge on any atom is -0.383 e. The molecule has 1 aromatic heterocycles. The van der Waals surface area contributed by atoms with Gasteiger partial charge in [-0.15, -0.1) is 17.9 Å². The van der Waals surface area contributed by atoms with E-state index in [1.54, 1.807) is 0 Å². The Hall–Kier alpha value is -0.230. The number of thiazole rings is 1. The minimum absolute atomic E-state index is 0.721. The zero-order valence-electron chi connectivity index (χ0n) is 9.73. The summed E-state index contributed by atoms with van der Waals surface area (Å²) < 4.78 is 0.819. The molecule has 94 valence electrons. The molecule has 1 aliphatic rings. The van der Waals surface area contributed by atoms with Crippen molar-refractivity contribution < 1.29 is 5.11 Å². The molecule has 2 heterocycles. The third-order valence-corrected chi connectivity index (χ3v) is 4.95. The van der Waals surface area contributed by atoms with Gasteiger partial charge in [-0.25, -0.2) is 4.98 Å². The number of hydrogen-bond donors (Lipinski definition) is 1. The van der Waals surface area contributed by atoms with Gasteiger partial charge in [0.1, 0.15) is 15.2 Å². The van der Waals surface area contributed by atoms with Gasteiger partial charge < -0.3 is 10.0 Å². The molecule has 0 radical (unpaired) electrons. The Kier molecular flexibility index (Phi) is 4.36. The summed E-state index contributed by atoms with van der Waals surface area (Å²) in [4.78, 5) is 6.72. The van der Waals surface area contributed by atoms with Crippen LogP contribution in [0.2, 0.25) is 0 Å². The lowest BCUT2D eigenvalue weighted by molar-refractivity contribution is -0.0256. The fourth-order valence-corrected chi connectivity index (χ4v) is 3.51. The molecule has 3 nitrogen and oxygen atoms in total. The Labute approximate surface area is 114 Å². The minimum atomic E-state index is -0.721. The van der Waals surface area contributed by atoms with Gasteiger partial charge >= 0.3 is 0 Å². The van der Waals surface area contributed by atoms with Crippen LogP contribution in [0.15, 0.2) is 22.6 Å². The van der Waals surface area contributed by atoms with Crippen LogP contribution in [0, 0.1) is 0 Å². The summed E-state index contributed by atoms with van der Waals surface area (Å²) in [6.07, 6.45) is 4.49. The van der Waals surface area contributed by atoms with Crippen molar-refractivity contribution in [1.82, 2.24) is 9.88 Å². The first-order valence-electron chi connectivity index (χ1n) is 5.81. The van der Waals surface area contributed by atoms with Crippen molar-refractivity contribution >= 4 is 27.3 Å². The van der Waals surface area contributed by atoms with Crippen molar-refractivity contribution in [2.75, 3.05) is 19.6 Å². The fraction of sp³-hybridized carbons (Fsp3) is 0.583. The van der Waals surface area contributed by atoms with E-state index >= 15 is 0 Å². The monoisotopic (exact) mass is 316 g/mol. The molecule has 0 amide bonds. The molecule has 0 saturated carbocycles. The van der Waals surface area contributed by atoms with Gasteiger partial charge in [0.2, 0.25) is 0 Å². The van der Waals surface area contributed by atoms with Crippen LogP contribution in [0.3, 0.4) is 0 Å². The van der Waals surface area contributed by atoms with Crippen LogP contribution in [0.4, 0.5) is 0 Å². The number of halogens is 1. The average molecular weight is 317 g/mol. The van der Waals surface area contributed by atoms with E-state index in [1.165, 1.54) is 11.3 Å². The number of hydrogen-bond acceptors (Lipinski definition) is 4. The van der Waals surface area contributed by atoms with Gasteiger partial charge in [-0.05, 0) is 35.2 Å². The molecule has 17 heavy (non-hydrogen) atoms. The van der Waals surface area contributed by atoms with E-state index < -0.39 is 5.60 Å². The summed E-state index contributed by atoms with van der Waals surface area (Å²) in [6.45, 7) is 6.64. The third kappa shape index (κ3) is 3.16. The lowest BCUT2D eigenvalue weighted by Crippen LogP contribution is -2.42. The normalized spacial score (nSPS) is 20.4. The van der Waals surface area contributed by atoms with E-state index in [1.807, 2.05) is 11.5 Å². The second kappa shape index (κ2) is 5.61. The van der Waals surface area contributed by atoms with Crippen LogP contribution in [0.5, 0.6) is 0 Å². The maximum atomic E-state index is 10.6. The van der Waals surface area contributed by atoms with Gasteiger partial charge in [0.15, 0.2) is 0 Å². The van der Waals surface area contributed by atoms with E-state index in [4.69, 9.17) is 0 Å². The Morgan fingerprint density at radius 1 is 1.59 bits per heavy atom. The number of likely N-dealkylation sites (tertiary alicyclic amines) is 1. The predicted octanol–water partition coefficient (Wildman–Crippen LogP) is 2.77. The number of aliphatic hydroxyl groups is 1. The van der Waals surface area contributed by atoms with Gasteiger partial charge in [0, 0.05) is 25.0 Å². The number of nitrogens with zero attached hydrogens (tertiary/aromatic N) is 2. The van der Waals surface area contributed by atoms with E-state index in [9.17, 15) is 5.11 Å². The van der Waals surface area contributed by atoms with Crippen LogP contribution in [-0.4, -0.2) is 34.6 Å². The Morgan fingerprint density at radius 2 is 2.29 bits per heavy atom. The average Bonchev–Trinajstić information content (AvgIpc) is 2.76. The van der Waals surface area contributed by atoms with Gasteiger partial charge in [-0.2, -0.15) is 0 Å². The Balaban J connectivity index is 1.95. The molecule has 1 fully saturated rings. The quantitative estimate of drug-likeness (QED) is 0.868. The summed E-state index contributed by atoms with van der Waals surface area (Å²) in [5.41, 5.74) is -0.721. The van der Waals surface area contributed by atoms with Crippen LogP contribution >= 0.6 is 27.3 Å². The predicted molar refractivity (Wildman–Crippen MR) is 74.2 cm³/mol. The lowest BCUT2D eigenvalue weighted by atomic mass is 9.92. The molecule has 0 aliphatic carbocycles. The molecule has 1 N–H and O–H groups in total. The standard InChI is InChI=1S/C12H17BrN2OS/c1-2-3-6-15-7-4-12(16,5-8-15)11-14-10(13)9-17-11/h2,9,16H,1,3-8H2. The zero-order valence-corrected chi connectivity index (χ0v) is 12.1. The first kappa shape index (κ1) is 13.2. The molecule has 0 atom stereocenters. The van der Waals surface area contributed by atoms with Crippen molar-refractivity contribution in [3.63, 3.8) is 0 Å². The summed E-state index contributed by atoms with van der Waals surface area (Å²) in [6, 6.07) is 0. The van der Waals surface area contributed by atoms with Gasteiger partial charge in [0.05, 0.1) is 0 Å². The molecule has 0 unspecified atom stereocenters. The maximum absolute atomic E-state index is 10.6. The lowest BCUT2D eigenvalue weighted by Gasteiger charge is -2.36. The summed E-state index contributed by atoms with van der Waals surface area (Å²) in [5, 5.41) is 13.3. The van der Waals surface area contributed by atoms with Crippen molar-refractivity contribution in [3.8, 4) is 0 Å². The van der Waals surface area contributed by atoms with Crippen molar-refractivity contribution in [2.24, 2.45) is 0 Å². The first-order chi connectivity index (χ1) is 8.14. The highest BCUT2D eigenvalue weighted by molar-refractivity contribution is 9.10. The molecule has 1 aliphatic heterocycles. The van der Waals surface area contributed by atoms with E-state index in [-0.39, 0.29) is 0 Å².